The van der Waals surface area contributed by atoms with Crippen molar-refractivity contribution in [3.8, 4) is 0 Å². The number of guanidine groups is 1. The predicted molar refractivity (Wildman–Crippen MR) is 120 cm³/mol. The third-order valence-electron chi connectivity index (χ3n) is 4.46. The average molecular weight is 491 g/mol. The van der Waals surface area contributed by atoms with Crippen molar-refractivity contribution in [3.05, 3.63) is 24.2 Å². The van der Waals surface area contributed by atoms with Crippen LogP contribution in [0.15, 0.2) is 27.8 Å². The first-order valence-electron chi connectivity index (χ1n) is 9.69. The maximum absolute atomic E-state index is 11.6. The molecule has 0 spiro atoms. The fourth-order valence-corrected chi connectivity index (χ4v) is 3.01. The average Bonchev–Trinajstić information content (AvgIpc) is 3.32. The van der Waals surface area contributed by atoms with E-state index in [9.17, 15) is 4.79 Å². The van der Waals surface area contributed by atoms with Crippen molar-refractivity contribution in [2.45, 2.75) is 39.7 Å². The molecule has 2 heterocycles. The standard InChI is InChI=1S/C19H33N5O2.HI/c1-4-20-19(22-10-9-21-18(25)15(2)3)23-14-16(17-8-7-13-26-17)24-11-5-6-12-24;/h7-8,13,15-16H,4-6,9-12,14H2,1-3H3,(H,21,25)(H2,20,22,23);1H. The van der Waals surface area contributed by atoms with Crippen molar-refractivity contribution in [1.82, 2.24) is 20.9 Å². The lowest BCUT2D eigenvalue weighted by atomic mass is 10.2. The molecule has 1 aliphatic rings. The lowest BCUT2D eigenvalue weighted by Gasteiger charge is -2.24. The molecule has 2 rings (SSSR count). The number of likely N-dealkylation sites (tertiary alicyclic amines) is 1. The second kappa shape index (κ2) is 13.0. The number of aliphatic imine (C=N–C) groups is 1. The van der Waals surface area contributed by atoms with Crippen LogP contribution < -0.4 is 16.0 Å². The Morgan fingerprint density at radius 3 is 2.52 bits per heavy atom. The van der Waals surface area contributed by atoms with Crippen LogP contribution in [0.1, 0.15) is 45.4 Å². The molecule has 1 fully saturated rings. The number of amides is 1. The molecule has 1 unspecified atom stereocenters. The Morgan fingerprint density at radius 2 is 1.93 bits per heavy atom. The van der Waals surface area contributed by atoms with Crippen molar-refractivity contribution >= 4 is 35.8 Å². The molecule has 1 atom stereocenters. The largest absolute Gasteiger partial charge is 0.468 e. The van der Waals surface area contributed by atoms with E-state index < -0.39 is 0 Å². The summed E-state index contributed by atoms with van der Waals surface area (Å²) in [6, 6.07) is 4.13. The lowest BCUT2D eigenvalue weighted by molar-refractivity contribution is -0.123. The Bertz CT molecular complexity index is 556. The molecule has 1 aromatic rings. The summed E-state index contributed by atoms with van der Waals surface area (Å²) in [4.78, 5) is 18.8. The molecule has 154 valence electrons. The second-order valence-corrected chi connectivity index (χ2v) is 6.87. The highest BCUT2D eigenvalue weighted by Crippen LogP contribution is 2.25. The zero-order valence-electron chi connectivity index (χ0n) is 16.7. The van der Waals surface area contributed by atoms with E-state index in [1.807, 2.05) is 32.9 Å². The molecular weight excluding hydrogens is 457 g/mol. The first kappa shape index (κ1) is 23.7. The normalized spacial score (nSPS) is 16.1. The number of nitrogens with zero attached hydrogens (tertiary/aromatic N) is 2. The first-order valence-corrected chi connectivity index (χ1v) is 9.69. The molecule has 0 saturated carbocycles. The van der Waals surface area contributed by atoms with Gasteiger partial charge in [0.05, 0.1) is 18.8 Å². The number of nitrogens with one attached hydrogen (secondary N) is 3. The molecule has 1 aromatic heterocycles. The van der Waals surface area contributed by atoms with Crippen LogP contribution in [-0.4, -0.2) is 56.0 Å². The SMILES string of the molecule is CCNC(=NCC(c1ccco1)N1CCCC1)NCCNC(=O)C(C)C.I. The highest BCUT2D eigenvalue weighted by Gasteiger charge is 2.25. The van der Waals surface area contributed by atoms with Gasteiger partial charge < -0.3 is 20.4 Å². The minimum Gasteiger partial charge on any atom is -0.468 e. The summed E-state index contributed by atoms with van der Waals surface area (Å²) in [6.07, 6.45) is 4.19. The summed E-state index contributed by atoms with van der Waals surface area (Å²) in [5.74, 6) is 1.81. The van der Waals surface area contributed by atoms with Crippen LogP contribution in [-0.2, 0) is 4.79 Å². The molecule has 3 N–H and O–H groups in total. The molecule has 0 bridgehead atoms. The van der Waals surface area contributed by atoms with Gasteiger partial charge in [0.2, 0.25) is 5.91 Å². The Balaban J connectivity index is 0.00000364. The third-order valence-corrected chi connectivity index (χ3v) is 4.46. The highest BCUT2D eigenvalue weighted by molar-refractivity contribution is 14.0. The quantitative estimate of drug-likeness (QED) is 0.214. The molecule has 27 heavy (non-hydrogen) atoms. The van der Waals surface area contributed by atoms with Crippen LogP contribution in [0.2, 0.25) is 0 Å². The van der Waals surface area contributed by atoms with E-state index >= 15 is 0 Å². The molecule has 0 aromatic carbocycles. The van der Waals surface area contributed by atoms with Gasteiger partial charge in [-0.05, 0) is 45.0 Å². The van der Waals surface area contributed by atoms with Crippen molar-refractivity contribution in [2.24, 2.45) is 10.9 Å². The second-order valence-electron chi connectivity index (χ2n) is 6.87. The van der Waals surface area contributed by atoms with E-state index in [1.54, 1.807) is 6.26 Å². The zero-order valence-corrected chi connectivity index (χ0v) is 19.0. The lowest BCUT2D eigenvalue weighted by Crippen LogP contribution is -2.42. The number of furan rings is 1. The molecule has 1 amide bonds. The van der Waals surface area contributed by atoms with Crippen molar-refractivity contribution in [1.29, 1.82) is 0 Å². The van der Waals surface area contributed by atoms with Crippen LogP contribution in [0.5, 0.6) is 0 Å². The smallest absolute Gasteiger partial charge is 0.222 e. The topological polar surface area (TPSA) is 81.9 Å². The zero-order chi connectivity index (χ0) is 18.8. The summed E-state index contributed by atoms with van der Waals surface area (Å²) < 4.78 is 5.65. The Hall–Kier alpha value is -1.29. The molecule has 1 aliphatic heterocycles. The highest BCUT2D eigenvalue weighted by atomic mass is 127. The van der Waals surface area contributed by atoms with Gasteiger partial charge in [-0.15, -0.1) is 24.0 Å². The molecule has 7 nitrogen and oxygen atoms in total. The van der Waals surface area contributed by atoms with E-state index in [4.69, 9.17) is 9.41 Å². The van der Waals surface area contributed by atoms with Crippen LogP contribution in [0.3, 0.4) is 0 Å². The Morgan fingerprint density at radius 1 is 1.22 bits per heavy atom. The molecular formula is C19H34IN5O2. The number of carbonyl (C=O) groups excluding carboxylic acids is 1. The monoisotopic (exact) mass is 491 g/mol. The number of carbonyl (C=O) groups is 1. The summed E-state index contributed by atoms with van der Waals surface area (Å²) in [7, 11) is 0. The van der Waals surface area contributed by atoms with Gasteiger partial charge in [0.25, 0.3) is 0 Å². The van der Waals surface area contributed by atoms with Gasteiger partial charge in [0.1, 0.15) is 5.76 Å². The van der Waals surface area contributed by atoms with Crippen LogP contribution >= 0.6 is 24.0 Å². The van der Waals surface area contributed by atoms with E-state index in [0.717, 1.165) is 31.4 Å². The van der Waals surface area contributed by atoms with Gasteiger partial charge in [-0.2, -0.15) is 0 Å². The van der Waals surface area contributed by atoms with Gasteiger partial charge >= 0.3 is 0 Å². The fraction of sp³-hybridized carbons (Fsp3) is 0.684. The maximum atomic E-state index is 11.6. The predicted octanol–water partition coefficient (Wildman–Crippen LogP) is 2.36. The number of rotatable bonds is 9. The van der Waals surface area contributed by atoms with Crippen LogP contribution in [0.4, 0.5) is 0 Å². The van der Waals surface area contributed by atoms with Crippen molar-refractivity contribution < 1.29 is 9.21 Å². The van der Waals surface area contributed by atoms with Crippen molar-refractivity contribution in [3.63, 3.8) is 0 Å². The van der Waals surface area contributed by atoms with Gasteiger partial charge in [-0.25, -0.2) is 0 Å². The molecule has 1 saturated heterocycles. The minimum atomic E-state index is 0. The summed E-state index contributed by atoms with van der Waals surface area (Å²) >= 11 is 0. The van der Waals surface area contributed by atoms with E-state index in [1.165, 1.54) is 12.8 Å². The molecule has 8 heteroatoms. The Kier molecular flexibility index (Phi) is 11.4. The maximum Gasteiger partial charge on any atom is 0.222 e. The van der Waals surface area contributed by atoms with E-state index in [0.29, 0.717) is 19.6 Å². The molecule has 0 radical (unpaired) electrons. The summed E-state index contributed by atoms with van der Waals surface area (Å²) in [6.45, 7) is 10.7. The summed E-state index contributed by atoms with van der Waals surface area (Å²) in [5, 5.41) is 9.45. The fourth-order valence-electron chi connectivity index (χ4n) is 3.01. The summed E-state index contributed by atoms with van der Waals surface area (Å²) in [5.41, 5.74) is 0. The number of hydrogen-bond donors (Lipinski definition) is 3. The van der Waals surface area contributed by atoms with Crippen LogP contribution in [0, 0.1) is 5.92 Å². The first-order chi connectivity index (χ1) is 12.6. The minimum absolute atomic E-state index is 0. The number of hydrogen-bond acceptors (Lipinski definition) is 4. The van der Waals surface area contributed by atoms with Gasteiger partial charge in [0, 0.05) is 25.6 Å². The third kappa shape index (κ3) is 8.08. The van der Waals surface area contributed by atoms with E-state index in [-0.39, 0.29) is 41.8 Å². The van der Waals surface area contributed by atoms with Crippen molar-refractivity contribution in [2.75, 3.05) is 39.3 Å². The van der Waals surface area contributed by atoms with Crippen LogP contribution in [0.25, 0.3) is 0 Å². The van der Waals surface area contributed by atoms with Gasteiger partial charge in [-0.1, -0.05) is 13.8 Å². The molecule has 0 aliphatic carbocycles. The van der Waals surface area contributed by atoms with Gasteiger partial charge in [0.15, 0.2) is 5.96 Å². The Labute approximate surface area is 179 Å². The van der Waals surface area contributed by atoms with E-state index in [2.05, 4.69) is 20.9 Å². The van der Waals surface area contributed by atoms with Gasteiger partial charge in [-0.3, -0.25) is 14.7 Å². The number of halogens is 1.